The Kier molecular flexibility index (Phi) is 106. The number of thioether (sulfide) groups is 1. The molecule has 12 N–H and O–H groups in total. The molecule has 1 amide bonds. The molecule has 8 saturated heterocycles. The number of nitrogens with one attached hydrogen (secondary N) is 12. The predicted octanol–water partition coefficient (Wildman–Crippen LogP) is 14.8. The minimum absolute atomic E-state index is 0.0532. The first kappa shape index (κ1) is 124. The molecule has 39 nitrogen and oxygen atoms in total. The number of H-pyrrole nitrogens is 5. The number of morpholine rings is 1. The molecule has 0 bridgehead atoms. The largest absolute Gasteiger partial charge is 0.431 e. The highest BCUT2D eigenvalue weighted by molar-refractivity contribution is 7.99. The number of carbonyl (C=O) groups excluding carboxylic acids is 1. The zero-order valence-corrected chi connectivity index (χ0v) is 82.8. The molecule has 1 aromatic carbocycles. The van der Waals surface area contributed by atoms with Gasteiger partial charge in [0.15, 0.2) is 12.7 Å². The fourth-order valence-corrected chi connectivity index (χ4v) is 11.8. The summed E-state index contributed by atoms with van der Waals surface area (Å²) in [6, 6.07) is 26.3. The molecule has 137 heavy (non-hydrogen) atoms. The maximum absolute atomic E-state index is 10.2. The molecule has 13 aromatic rings. The minimum Gasteiger partial charge on any atom is -0.431 e. The number of aromatic amines is 5. The lowest BCUT2D eigenvalue weighted by molar-refractivity contribution is -0.119. The number of allylic oxidation sites excluding steroid dienone is 2. The Balaban J connectivity index is 0.000000714. The van der Waals surface area contributed by atoms with Crippen LogP contribution in [0, 0.1) is 0 Å². The molecule has 8 aliphatic heterocycles. The van der Waals surface area contributed by atoms with E-state index in [0.29, 0.717) is 0 Å². The van der Waals surface area contributed by atoms with Crippen LogP contribution in [0.3, 0.4) is 0 Å². The van der Waals surface area contributed by atoms with E-state index in [1.54, 1.807) is 120 Å². The quantitative estimate of drug-likeness (QED) is 0.0627. The number of benzene rings is 1. The summed E-state index contributed by atoms with van der Waals surface area (Å²) < 4.78 is 23.6. The van der Waals surface area contributed by atoms with Gasteiger partial charge in [-0.15, -0.1) is 53.3 Å². The number of amides is 1. The van der Waals surface area contributed by atoms with Gasteiger partial charge in [0.1, 0.15) is 42.7 Å². The number of thiazole rings is 1. The number of piperazine rings is 1. The number of hydrogen-bond acceptors (Lipinski definition) is 36. The van der Waals surface area contributed by atoms with Gasteiger partial charge in [-0.1, -0.05) is 167 Å². The summed E-state index contributed by atoms with van der Waals surface area (Å²) in [4.78, 5) is 55.7. The average molecular weight is 1950 g/mol. The summed E-state index contributed by atoms with van der Waals surface area (Å²) in [5.41, 5.74) is 5.10. The third-order valence-corrected chi connectivity index (χ3v) is 19.2. The molecule has 0 unspecified atom stereocenters. The Labute approximate surface area is 823 Å². The van der Waals surface area contributed by atoms with Crippen molar-refractivity contribution in [1.82, 2.24) is 164 Å². The van der Waals surface area contributed by atoms with Crippen LogP contribution in [0.15, 0.2) is 271 Å². The van der Waals surface area contributed by atoms with Crippen molar-refractivity contribution >= 4 is 40.3 Å². The number of piperidine rings is 1. The molecule has 0 spiro atoms. The van der Waals surface area contributed by atoms with Gasteiger partial charge in [0.25, 0.3) is 0 Å². The van der Waals surface area contributed by atoms with E-state index in [2.05, 4.69) is 185 Å². The van der Waals surface area contributed by atoms with E-state index < -0.39 is 0 Å². The molecule has 20 heterocycles. The SMILES string of the molecule is C1=CCCCC1.C1CC1.C1CCCC1.C1CCCCC1.C1CCNC1.C1CCNCC1.C1CCOC1.C1CCOCC1.C1CNCCN1.C1COCCN1.C1CSCCN1.O=C1CCCN1.O=c1cccc[nH]1.c1ccccc1.c1ccncc1.c1cn[nH]c1.c1cnccn1.c1cncnc1.c1cscn1.c1nc[nH]n1.c1nc[nH]n1.c1ncon1.c1nn[nH]n1.c1nnco1.c1nncs1. The van der Waals surface area contributed by atoms with E-state index in [1.807, 2.05) is 77.8 Å². The lowest BCUT2D eigenvalue weighted by Gasteiger charge is -2.11. The van der Waals surface area contributed by atoms with Crippen LogP contribution in [0.2, 0.25) is 0 Å². The molecule has 0 atom stereocenters. The molecule has 756 valence electrons. The fraction of sp³-hybridized carbons (Fsp3) is 0.537. The summed E-state index contributed by atoms with van der Waals surface area (Å²) in [6.07, 6.45) is 80.4. The number of tetrazole rings is 1. The van der Waals surface area contributed by atoms with Gasteiger partial charge < -0.3 is 65.4 Å². The van der Waals surface area contributed by atoms with Crippen LogP contribution in [0.5, 0.6) is 0 Å². The van der Waals surface area contributed by atoms with Gasteiger partial charge in [-0.25, -0.2) is 24.9 Å². The number of hydrogen-bond donors (Lipinski definition) is 12. The summed E-state index contributed by atoms with van der Waals surface area (Å²) in [5, 5.41) is 71.2. The number of rotatable bonds is 0. The molecule has 25 rings (SSSR count). The Morgan fingerprint density at radius 3 is 0.956 bits per heavy atom. The van der Waals surface area contributed by atoms with Crippen molar-refractivity contribution in [1.29, 1.82) is 0 Å². The van der Waals surface area contributed by atoms with E-state index >= 15 is 0 Å². The van der Waals surface area contributed by atoms with Crippen LogP contribution in [0.4, 0.5) is 0 Å². The monoisotopic (exact) mass is 1950 g/mol. The van der Waals surface area contributed by atoms with Crippen LogP contribution in [0.1, 0.15) is 193 Å². The number of carbonyl (C=O) groups is 1. The predicted molar refractivity (Wildman–Crippen MR) is 546 cm³/mol. The Bertz CT molecular complexity index is 3110. The van der Waals surface area contributed by atoms with Gasteiger partial charge in [-0.3, -0.25) is 44.8 Å². The van der Waals surface area contributed by atoms with Crippen molar-refractivity contribution in [3.05, 3.63) is 267 Å². The van der Waals surface area contributed by atoms with Crippen molar-refractivity contribution in [2.45, 2.75) is 193 Å². The second kappa shape index (κ2) is 117. The van der Waals surface area contributed by atoms with E-state index in [1.165, 1.54) is 311 Å². The van der Waals surface area contributed by atoms with Crippen LogP contribution in [-0.2, 0) is 19.0 Å². The van der Waals surface area contributed by atoms with E-state index in [-0.39, 0.29) is 11.5 Å². The van der Waals surface area contributed by atoms with Crippen LogP contribution >= 0.6 is 34.4 Å². The first-order chi connectivity index (χ1) is 68.3. The van der Waals surface area contributed by atoms with Gasteiger partial charge >= 0.3 is 0 Å². The van der Waals surface area contributed by atoms with Gasteiger partial charge in [0.05, 0.1) is 18.7 Å². The Hall–Kier alpha value is -11.3. The number of nitrogens with zero attached hydrogens (tertiary/aromatic N) is 20. The lowest BCUT2D eigenvalue weighted by Crippen LogP contribution is -2.39. The van der Waals surface area contributed by atoms with Gasteiger partial charge in [-0.2, -0.15) is 32.3 Å². The maximum Gasteiger partial charge on any atom is 0.247 e. The highest BCUT2D eigenvalue weighted by Crippen LogP contribution is 2.16. The highest BCUT2D eigenvalue weighted by Gasteiger charge is 2.06. The second-order valence-electron chi connectivity index (χ2n) is 28.9. The summed E-state index contributed by atoms with van der Waals surface area (Å²) in [6.45, 7) is 20.7. The van der Waals surface area contributed by atoms with Crippen molar-refractivity contribution in [2.75, 3.05) is 136 Å². The number of pyridine rings is 2. The lowest BCUT2D eigenvalue weighted by atomic mass is 10.0. The van der Waals surface area contributed by atoms with Gasteiger partial charge in [0.2, 0.25) is 30.6 Å². The topological polar surface area (TPSA) is 509 Å². The molecule has 11 fully saturated rings. The molecule has 3 saturated carbocycles. The molecular formula is C95H156N32O7S3. The minimum atomic E-state index is -0.0532. The zero-order chi connectivity index (χ0) is 97.2. The van der Waals surface area contributed by atoms with Gasteiger partial charge in [-0.05, 0) is 146 Å². The Morgan fingerprint density at radius 1 is 0.307 bits per heavy atom. The second-order valence-corrected chi connectivity index (χ2v) is 31.6. The van der Waals surface area contributed by atoms with Crippen LogP contribution in [-0.4, -0.2) is 269 Å². The smallest absolute Gasteiger partial charge is 0.247 e. The first-order valence-electron chi connectivity index (χ1n) is 47.7. The normalized spacial score (nSPS) is 15.5. The molecule has 4 aliphatic carbocycles. The Morgan fingerprint density at radius 2 is 0.788 bits per heavy atom. The molecular weight excluding hydrogens is 1800 g/mol. The van der Waals surface area contributed by atoms with Crippen LogP contribution in [0.25, 0.3) is 0 Å². The molecule has 42 heteroatoms. The standard InChI is InChI=1S/C6H12.C6H10.C6H6.C5H5NO.C5H11N.C5H5N.C5H10O.C5H10.C4H10N2.2C4H4N2.C4H9NO.C4H7NO.C4H9NS.C4H9N.C4H8O.C3H4N2.C3H3NS.C3H6.2C2H3N3.2C2H2N2O.C2H2N2S.CH2N4/c3*1-2-4-6-5-3-1;7-5-3-1-2-4-6-5;3*1-2-4-6-5-3-1;1-2-4-5-3-1;2*1-2-6-4-3-5-1;1-2-5-4-6-3-1;1-3-6-4-2-5-1;6-4-2-1-3-5-4;1-3-6-4-2-5-1;3*1-2-4-5-3-1;1-2-5-3-4-1;1-2-3-1;2*1-3-2-5-4-1;1-3-4-2-5-1;1-3-2-5-4-1;1-3-4-2-5-1;1-2-4-5-3-1/h1-6H2;1-2H,3-6H2;1-6H;1-4H,(H,6,7);6H,1-5H2;1-5H;1-5H2;1-5H2;5-6H,1-4H2;2*1-4H;5H,1-4H2;1-3H2,(H,5,6);5H,1-4H2;5H,1-4H2;1-4H2;1-3H,(H,4,5);1-3H;1-3H2;2*1-2H,(H,3,4,5);3*1-2H;1H,(H,2,3,4,5). The van der Waals surface area contributed by atoms with Gasteiger partial charge in [0, 0.05) is 189 Å². The summed E-state index contributed by atoms with van der Waals surface area (Å²) in [5.74, 6) is 2.81. The number of aromatic nitrogens is 25. The highest BCUT2D eigenvalue weighted by atomic mass is 32.2. The zero-order valence-electron chi connectivity index (χ0n) is 80.3. The third kappa shape index (κ3) is 119. The van der Waals surface area contributed by atoms with Crippen molar-refractivity contribution in [2.24, 2.45) is 0 Å². The molecule has 12 aliphatic rings. The van der Waals surface area contributed by atoms with Crippen molar-refractivity contribution in [3.8, 4) is 0 Å². The van der Waals surface area contributed by atoms with Crippen LogP contribution < -0.4 is 42.8 Å². The summed E-state index contributed by atoms with van der Waals surface area (Å²) >= 11 is 5.12. The number of ether oxygens (including phenoxy) is 3. The van der Waals surface area contributed by atoms with E-state index in [9.17, 15) is 9.59 Å². The van der Waals surface area contributed by atoms with E-state index in [4.69, 9.17) is 14.2 Å². The van der Waals surface area contributed by atoms with E-state index in [0.717, 1.165) is 98.3 Å². The fourth-order valence-electron chi connectivity index (χ4n) is 10.4. The first-order valence-corrected chi connectivity index (χ1v) is 50.7. The average Bonchev–Trinajstić information content (AvgIpc) is 1.39. The third-order valence-electron chi connectivity index (χ3n) is 17.3. The molecule has 12 aromatic heterocycles. The maximum atomic E-state index is 10.2. The van der Waals surface area contributed by atoms with Crippen molar-refractivity contribution in [3.63, 3.8) is 0 Å². The van der Waals surface area contributed by atoms with Crippen molar-refractivity contribution < 1.29 is 27.9 Å². The summed E-state index contributed by atoms with van der Waals surface area (Å²) in [7, 11) is 0. The molecule has 0 radical (unpaired) electrons.